The Bertz CT molecular complexity index is 763. The first-order valence-corrected chi connectivity index (χ1v) is 7.90. The van der Waals surface area contributed by atoms with E-state index in [1.165, 1.54) is 17.2 Å². The van der Waals surface area contributed by atoms with Crippen LogP contribution in [0.4, 0.5) is 5.82 Å². The second-order valence-corrected chi connectivity index (χ2v) is 6.09. The number of aliphatic hydroxyl groups excluding tert-OH is 2. The van der Waals surface area contributed by atoms with Gasteiger partial charge in [-0.2, -0.15) is 0 Å². The van der Waals surface area contributed by atoms with Crippen molar-refractivity contribution in [1.82, 2.24) is 19.5 Å². The number of imidazole rings is 1. The van der Waals surface area contributed by atoms with Crippen LogP contribution in [-0.2, 0) is 13.8 Å². The van der Waals surface area contributed by atoms with Crippen molar-refractivity contribution in [1.29, 1.82) is 0 Å². The summed E-state index contributed by atoms with van der Waals surface area (Å²) in [7, 11) is -4.97. The number of phosphoric acid groups is 1. The Hall–Kier alpha value is -1.66. The molecular formula is C10H13N5O7P-. The minimum Gasteiger partial charge on any atom is -0.756 e. The van der Waals surface area contributed by atoms with Crippen LogP contribution in [-0.4, -0.2) is 59.5 Å². The molecule has 0 radical (unpaired) electrons. The monoisotopic (exact) mass is 346 g/mol. The second kappa shape index (κ2) is 5.76. The van der Waals surface area contributed by atoms with Gasteiger partial charge >= 0.3 is 0 Å². The summed E-state index contributed by atoms with van der Waals surface area (Å²) in [5.74, 6) is 0.134. The lowest BCUT2D eigenvalue weighted by molar-refractivity contribution is -0.222. The molecule has 12 nitrogen and oxygen atoms in total. The summed E-state index contributed by atoms with van der Waals surface area (Å²) in [6.45, 7) is -0.657. The molecule has 2 unspecified atom stereocenters. The molecule has 0 amide bonds. The predicted molar refractivity (Wildman–Crippen MR) is 71.4 cm³/mol. The van der Waals surface area contributed by atoms with Gasteiger partial charge in [-0.15, -0.1) is 0 Å². The molecule has 3 heterocycles. The van der Waals surface area contributed by atoms with Crippen molar-refractivity contribution in [3.05, 3.63) is 12.7 Å². The van der Waals surface area contributed by atoms with E-state index in [-0.39, 0.29) is 17.0 Å². The first kappa shape index (κ1) is 16.2. The number of aliphatic hydroxyl groups is 2. The number of phosphoric ester groups is 1. The smallest absolute Gasteiger partial charge is 0.265 e. The summed E-state index contributed by atoms with van der Waals surface area (Å²) in [5.41, 5.74) is 6.22. The number of anilines is 1. The maximum atomic E-state index is 10.6. The Labute approximate surface area is 128 Å². The van der Waals surface area contributed by atoms with Crippen LogP contribution in [0, 0.1) is 0 Å². The lowest BCUT2D eigenvalue weighted by Crippen LogP contribution is -2.34. The Kier molecular flexibility index (Phi) is 4.06. The number of rotatable bonds is 4. The Morgan fingerprint density at radius 1 is 1.39 bits per heavy atom. The molecule has 0 saturated carbocycles. The van der Waals surface area contributed by atoms with Crippen molar-refractivity contribution in [3.63, 3.8) is 0 Å². The van der Waals surface area contributed by atoms with Gasteiger partial charge < -0.3 is 35.0 Å². The number of ether oxygens (including phenoxy) is 1. The zero-order valence-corrected chi connectivity index (χ0v) is 12.4. The normalized spacial score (nSPS) is 30.6. The first-order valence-electron chi connectivity index (χ1n) is 6.41. The largest absolute Gasteiger partial charge is 0.756 e. The Morgan fingerprint density at radius 2 is 2.13 bits per heavy atom. The lowest BCUT2D eigenvalue weighted by Gasteiger charge is -2.20. The molecule has 1 fully saturated rings. The zero-order chi connectivity index (χ0) is 16.8. The van der Waals surface area contributed by atoms with E-state index in [4.69, 9.17) is 15.4 Å². The van der Waals surface area contributed by atoms with Crippen LogP contribution in [0.2, 0.25) is 0 Å². The zero-order valence-electron chi connectivity index (χ0n) is 11.5. The van der Waals surface area contributed by atoms with E-state index < -0.39 is 39.0 Å². The number of hydrogen-bond donors (Lipinski definition) is 4. The number of nitrogens with zero attached hydrogens (tertiary/aromatic N) is 4. The lowest BCUT2D eigenvalue weighted by atomic mass is 10.1. The van der Waals surface area contributed by atoms with Crippen LogP contribution in [0.3, 0.4) is 0 Å². The van der Waals surface area contributed by atoms with E-state index in [2.05, 4.69) is 19.5 Å². The molecule has 1 aliphatic rings. The van der Waals surface area contributed by atoms with E-state index in [0.717, 1.165) is 0 Å². The average molecular weight is 346 g/mol. The molecule has 2 aromatic rings. The van der Waals surface area contributed by atoms with Gasteiger partial charge in [0.25, 0.3) is 7.82 Å². The fourth-order valence-corrected chi connectivity index (χ4v) is 2.66. The van der Waals surface area contributed by atoms with Crippen LogP contribution in [0.25, 0.3) is 11.2 Å². The highest BCUT2D eigenvalue weighted by Gasteiger charge is 2.44. The highest BCUT2D eigenvalue weighted by Crippen LogP contribution is 2.36. The standard InChI is InChI=1S/C10H14N5O7P/c11-8-5-9(13-2-12-8)15(3-14-5)10-7(17)6(16)4(22-10)1-21-23(18,19)20/h2-4,6-7,10,16-17H,1H2,(H2,11,12,13)(H2,18,19,20)/p-1/t4-,6?,7+,10-/m1/s1. The minimum absolute atomic E-state index is 0.134. The molecule has 2 aromatic heterocycles. The van der Waals surface area contributed by atoms with Gasteiger partial charge in [0.1, 0.15) is 30.2 Å². The van der Waals surface area contributed by atoms with Crippen LogP contribution < -0.4 is 10.6 Å². The van der Waals surface area contributed by atoms with Gasteiger partial charge in [-0.1, -0.05) is 0 Å². The third-order valence-corrected chi connectivity index (χ3v) is 3.88. The van der Waals surface area contributed by atoms with E-state index in [1.54, 1.807) is 0 Å². The number of nitrogen functional groups attached to an aromatic ring is 1. The number of fused-ring (bicyclic) bond motifs is 1. The van der Waals surface area contributed by atoms with E-state index >= 15 is 0 Å². The van der Waals surface area contributed by atoms with E-state index in [0.29, 0.717) is 0 Å². The van der Waals surface area contributed by atoms with Crippen LogP contribution in [0.1, 0.15) is 6.23 Å². The van der Waals surface area contributed by atoms with Crippen molar-refractivity contribution in [2.45, 2.75) is 24.5 Å². The summed E-state index contributed by atoms with van der Waals surface area (Å²) in [6, 6.07) is 0. The van der Waals surface area contributed by atoms with Crippen molar-refractivity contribution < 1.29 is 33.8 Å². The topological polar surface area (TPSA) is 189 Å². The molecule has 5 N–H and O–H groups in total. The third kappa shape index (κ3) is 3.05. The molecule has 0 aliphatic carbocycles. The molecule has 5 atom stereocenters. The van der Waals surface area contributed by atoms with Gasteiger partial charge in [-0.05, 0) is 0 Å². The summed E-state index contributed by atoms with van der Waals surface area (Å²) in [4.78, 5) is 31.0. The van der Waals surface area contributed by atoms with Gasteiger partial charge in [0, 0.05) is 0 Å². The van der Waals surface area contributed by atoms with Crippen LogP contribution in [0.5, 0.6) is 0 Å². The van der Waals surface area contributed by atoms with Crippen molar-refractivity contribution in [2.24, 2.45) is 0 Å². The molecule has 1 saturated heterocycles. The molecule has 0 spiro atoms. The minimum atomic E-state index is -4.97. The molecule has 23 heavy (non-hydrogen) atoms. The SMILES string of the molecule is Nc1ncnc2c1ncn2[C@@H]1O[C@H](COP(=O)([O-])O)C(O)[C@@H]1O. The van der Waals surface area contributed by atoms with E-state index in [9.17, 15) is 19.7 Å². The molecule has 0 bridgehead atoms. The predicted octanol–water partition coefficient (Wildman–Crippen LogP) is -2.49. The van der Waals surface area contributed by atoms with Crippen LogP contribution in [0.15, 0.2) is 12.7 Å². The second-order valence-electron chi connectivity index (χ2n) is 4.89. The van der Waals surface area contributed by atoms with E-state index in [1.807, 2.05) is 0 Å². The van der Waals surface area contributed by atoms with Crippen LogP contribution >= 0.6 is 7.82 Å². The van der Waals surface area contributed by atoms with Crippen molar-refractivity contribution in [2.75, 3.05) is 12.3 Å². The third-order valence-electron chi connectivity index (χ3n) is 3.40. The maximum Gasteiger partial charge on any atom is 0.265 e. The number of hydrogen-bond acceptors (Lipinski definition) is 10. The number of aromatic nitrogens is 4. The summed E-state index contributed by atoms with van der Waals surface area (Å²) in [5, 5.41) is 20.0. The first-order chi connectivity index (χ1) is 10.8. The fraction of sp³-hybridized carbons (Fsp3) is 0.500. The Balaban J connectivity index is 1.85. The quantitative estimate of drug-likeness (QED) is 0.428. The van der Waals surface area contributed by atoms with Gasteiger partial charge in [0.15, 0.2) is 17.7 Å². The van der Waals surface area contributed by atoms with Gasteiger partial charge in [0.05, 0.1) is 12.9 Å². The summed E-state index contributed by atoms with van der Waals surface area (Å²) < 4.78 is 21.5. The molecular weight excluding hydrogens is 333 g/mol. The van der Waals surface area contributed by atoms with Crippen molar-refractivity contribution in [3.8, 4) is 0 Å². The maximum absolute atomic E-state index is 10.6. The fourth-order valence-electron chi connectivity index (χ4n) is 2.32. The molecule has 126 valence electrons. The average Bonchev–Trinajstić information content (AvgIpc) is 3.01. The molecule has 13 heteroatoms. The summed E-state index contributed by atoms with van der Waals surface area (Å²) in [6.07, 6.45) is -2.62. The van der Waals surface area contributed by atoms with Crippen molar-refractivity contribution >= 4 is 24.8 Å². The highest BCUT2D eigenvalue weighted by molar-refractivity contribution is 7.44. The van der Waals surface area contributed by atoms with Gasteiger partial charge in [-0.3, -0.25) is 9.13 Å². The van der Waals surface area contributed by atoms with Gasteiger partial charge in [0.2, 0.25) is 0 Å². The Morgan fingerprint density at radius 3 is 2.83 bits per heavy atom. The highest BCUT2D eigenvalue weighted by atomic mass is 31.2. The van der Waals surface area contributed by atoms with Gasteiger partial charge in [-0.25, -0.2) is 15.0 Å². The molecule has 1 aliphatic heterocycles. The number of nitrogens with two attached hydrogens (primary N) is 1. The summed E-state index contributed by atoms with van der Waals surface area (Å²) >= 11 is 0. The molecule has 0 aromatic carbocycles. The molecule has 3 rings (SSSR count).